The van der Waals surface area contributed by atoms with E-state index < -0.39 is 0 Å². The molecule has 6 heteroatoms. The molecule has 20 heavy (non-hydrogen) atoms. The van der Waals surface area contributed by atoms with Crippen molar-refractivity contribution in [1.29, 1.82) is 0 Å². The molecule has 102 valence electrons. The SMILES string of the molecule is NC(N)=N/N=C(\c1ccccc1)c1cc(N)ccc1N. The van der Waals surface area contributed by atoms with Crippen LogP contribution in [0.1, 0.15) is 11.1 Å². The average molecular weight is 268 g/mol. The van der Waals surface area contributed by atoms with Crippen LogP contribution in [0.15, 0.2) is 58.7 Å². The monoisotopic (exact) mass is 268 g/mol. The Labute approximate surface area is 116 Å². The van der Waals surface area contributed by atoms with Gasteiger partial charge in [-0.25, -0.2) is 0 Å². The van der Waals surface area contributed by atoms with Crippen molar-refractivity contribution < 1.29 is 0 Å². The summed E-state index contributed by atoms with van der Waals surface area (Å²) in [5.41, 5.74) is 25.7. The van der Waals surface area contributed by atoms with Gasteiger partial charge in [0.15, 0.2) is 0 Å². The lowest BCUT2D eigenvalue weighted by Crippen LogP contribution is -2.22. The van der Waals surface area contributed by atoms with Crippen molar-refractivity contribution in [3.63, 3.8) is 0 Å². The summed E-state index contributed by atoms with van der Waals surface area (Å²) in [6.07, 6.45) is 0. The lowest BCUT2D eigenvalue weighted by Gasteiger charge is -2.09. The normalized spacial score (nSPS) is 11.1. The zero-order chi connectivity index (χ0) is 14.5. The van der Waals surface area contributed by atoms with Gasteiger partial charge in [0.05, 0.1) is 0 Å². The molecule has 2 aromatic carbocycles. The summed E-state index contributed by atoms with van der Waals surface area (Å²) in [6, 6.07) is 14.7. The van der Waals surface area contributed by atoms with Crippen molar-refractivity contribution in [2.75, 3.05) is 11.5 Å². The van der Waals surface area contributed by atoms with Crippen molar-refractivity contribution in [3.8, 4) is 0 Å². The average Bonchev–Trinajstić information content (AvgIpc) is 2.43. The predicted octanol–water partition coefficient (Wildman–Crippen LogP) is 0.877. The molecule has 6 nitrogen and oxygen atoms in total. The number of benzene rings is 2. The first-order valence-corrected chi connectivity index (χ1v) is 5.95. The topological polar surface area (TPSA) is 129 Å². The smallest absolute Gasteiger partial charge is 0.211 e. The summed E-state index contributed by atoms with van der Waals surface area (Å²) >= 11 is 0. The summed E-state index contributed by atoms with van der Waals surface area (Å²) < 4.78 is 0. The second-order valence-electron chi connectivity index (χ2n) is 4.19. The zero-order valence-electron chi connectivity index (χ0n) is 10.8. The van der Waals surface area contributed by atoms with Crippen LogP contribution in [0.5, 0.6) is 0 Å². The van der Waals surface area contributed by atoms with Crippen molar-refractivity contribution in [3.05, 3.63) is 59.7 Å². The van der Waals surface area contributed by atoms with E-state index in [0.29, 0.717) is 22.6 Å². The van der Waals surface area contributed by atoms with Crippen LogP contribution in [-0.4, -0.2) is 11.7 Å². The van der Waals surface area contributed by atoms with E-state index >= 15 is 0 Å². The standard InChI is InChI=1S/C14H16N6/c15-10-6-7-12(16)11(8-10)13(19-20-14(17)18)9-4-2-1-3-5-9/h1-8H,15-16H2,(H4,17,18,20)/b19-13+. The van der Waals surface area contributed by atoms with Gasteiger partial charge in [0.25, 0.3) is 0 Å². The first kappa shape index (κ1) is 13.4. The maximum absolute atomic E-state index is 5.99. The van der Waals surface area contributed by atoms with Gasteiger partial charge in [0.2, 0.25) is 5.96 Å². The molecule has 0 fully saturated rings. The van der Waals surface area contributed by atoms with Crippen LogP contribution in [0.4, 0.5) is 11.4 Å². The van der Waals surface area contributed by atoms with Gasteiger partial charge in [-0.1, -0.05) is 30.3 Å². The number of nitrogens with two attached hydrogens (primary N) is 4. The van der Waals surface area contributed by atoms with Gasteiger partial charge in [-0.3, -0.25) is 0 Å². The molecule has 0 spiro atoms. The third-order valence-electron chi connectivity index (χ3n) is 2.65. The van der Waals surface area contributed by atoms with Gasteiger partial charge in [0.1, 0.15) is 5.71 Å². The second-order valence-corrected chi connectivity index (χ2v) is 4.19. The fourth-order valence-electron chi connectivity index (χ4n) is 1.75. The molecule has 0 amide bonds. The van der Waals surface area contributed by atoms with Crippen LogP contribution in [0.2, 0.25) is 0 Å². The Kier molecular flexibility index (Phi) is 3.85. The molecule has 0 aromatic heterocycles. The number of nitrogens with zero attached hydrogens (tertiary/aromatic N) is 2. The van der Waals surface area contributed by atoms with E-state index in [4.69, 9.17) is 22.9 Å². The molecule has 0 saturated carbocycles. The number of rotatable bonds is 3. The second kappa shape index (κ2) is 5.75. The van der Waals surface area contributed by atoms with E-state index in [1.165, 1.54) is 0 Å². The molecule has 0 heterocycles. The highest BCUT2D eigenvalue weighted by molar-refractivity contribution is 6.16. The summed E-state index contributed by atoms with van der Waals surface area (Å²) in [7, 11) is 0. The molecule has 0 aliphatic heterocycles. The van der Waals surface area contributed by atoms with E-state index in [1.807, 2.05) is 30.3 Å². The quantitative estimate of drug-likeness (QED) is 0.285. The summed E-state index contributed by atoms with van der Waals surface area (Å²) in [4.78, 5) is 0. The number of anilines is 2. The van der Waals surface area contributed by atoms with Crippen molar-refractivity contribution >= 4 is 23.0 Å². The Morgan fingerprint density at radius 2 is 1.55 bits per heavy atom. The Bertz CT molecular complexity index is 657. The van der Waals surface area contributed by atoms with Gasteiger partial charge in [-0.15, -0.1) is 10.2 Å². The van der Waals surface area contributed by atoms with Crippen LogP contribution in [-0.2, 0) is 0 Å². The Morgan fingerprint density at radius 3 is 2.20 bits per heavy atom. The molecule has 0 aliphatic rings. The highest BCUT2D eigenvalue weighted by Gasteiger charge is 2.11. The molecule has 0 aliphatic carbocycles. The van der Waals surface area contributed by atoms with Crippen LogP contribution in [0, 0.1) is 0 Å². The summed E-state index contributed by atoms with van der Waals surface area (Å²) in [5, 5.41) is 7.80. The minimum Gasteiger partial charge on any atom is -0.399 e. The maximum Gasteiger partial charge on any atom is 0.211 e. The number of hydrogen-bond donors (Lipinski definition) is 4. The molecule has 0 saturated heterocycles. The minimum atomic E-state index is -0.124. The Morgan fingerprint density at radius 1 is 0.850 bits per heavy atom. The summed E-state index contributed by atoms with van der Waals surface area (Å²) in [6.45, 7) is 0. The highest BCUT2D eigenvalue weighted by atomic mass is 15.3. The first-order chi connectivity index (χ1) is 9.58. The molecule has 2 rings (SSSR count). The third kappa shape index (κ3) is 3.05. The van der Waals surface area contributed by atoms with Crippen LogP contribution < -0.4 is 22.9 Å². The molecule has 8 N–H and O–H groups in total. The molecule has 0 atom stereocenters. The lowest BCUT2D eigenvalue weighted by atomic mass is 10.0. The molecular formula is C14H16N6. The van der Waals surface area contributed by atoms with Gasteiger partial charge >= 0.3 is 0 Å². The number of guanidine groups is 1. The molecule has 0 unspecified atom stereocenters. The van der Waals surface area contributed by atoms with Crippen molar-refractivity contribution in [2.45, 2.75) is 0 Å². The fourth-order valence-corrected chi connectivity index (χ4v) is 1.75. The first-order valence-electron chi connectivity index (χ1n) is 5.95. The van der Waals surface area contributed by atoms with Crippen molar-refractivity contribution in [1.82, 2.24) is 0 Å². The van der Waals surface area contributed by atoms with Gasteiger partial charge in [-0.05, 0) is 18.2 Å². The number of hydrogen-bond acceptors (Lipinski definition) is 4. The maximum atomic E-state index is 5.99. The molecule has 0 radical (unpaired) electrons. The Hall–Kier alpha value is -3.02. The van der Waals surface area contributed by atoms with E-state index in [-0.39, 0.29) is 5.96 Å². The van der Waals surface area contributed by atoms with E-state index in [9.17, 15) is 0 Å². The molecule has 2 aromatic rings. The Balaban J connectivity index is 2.61. The lowest BCUT2D eigenvalue weighted by molar-refractivity contribution is 1.20. The predicted molar refractivity (Wildman–Crippen MR) is 83.2 cm³/mol. The van der Waals surface area contributed by atoms with Crippen molar-refractivity contribution in [2.24, 2.45) is 21.7 Å². The summed E-state index contributed by atoms with van der Waals surface area (Å²) in [5.74, 6) is -0.124. The van der Waals surface area contributed by atoms with E-state index in [2.05, 4.69) is 10.2 Å². The number of nitrogen functional groups attached to an aromatic ring is 2. The van der Waals surface area contributed by atoms with E-state index in [1.54, 1.807) is 18.2 Å². The van der Waals surface area contributed by atoms with Crippen LogP contribution >= 0.6 is 0 Å². The zero-order valence-corrected chi connectivity index (χ0v) is 10.8. The van der Waals surface area contributed by atoms with Crippen LogP contribution in [0.3, 0.4) is 0 Å². The third-order valence-corrected chi connectivity index (χ3v) is 2.65. The minimum absolute atomic E-state index is 0.124. The van der Waals surface area contributed by atoms with Crippen LogP contribution in [0.25, 0.3) is 0 Å². The molecular weight excluding hydrogens is 252 g/mol. The van der Waals surface area contributed by atoms with Gasteiger partial charge < -0.3 is 22.9 Å². The highest BCUT2D eigenvalue weighted by Crippen LogP contribution is 2.20. The van der Waals surface area contributed by atoms with Gasteiger partial charge in [0, 0.05) is 22.5 Å². The van der Waals surface area contributed by atoms with Gasteiger partial charge in [-0.2, -0.15) is 0 Å². The molecule has 0 bridgehead atoms. The fraction of sp³-hybridized carbons (Fsp3) is 0. The van der Waals surface area contributed by atoms with E-state index in [0.717, 1.165) is 5.56 Å². The largest absolute Gasteiger partial charge is 0.399 e.